The first-order valence-corrected chi connectivity index (χ1v) is 6.24. The van der Waals surface area contributed by atoms with Crippen LogP contribution >= 0.6 is 0 Å². The maximum Gasteiger partial charge on any atom is 0.0558 e. The van der Waals surface area contributed by atoms with Crippen LogP contribution in [0, 0.1) is 11.8 Å². The van der Waals surface area contributed by atoms with Crippen LogP contribution in [-0.2, 0) is 0 Å². The van der Waals surface area contributed by atoms with Gasteiger partial charge in [0.15, 0.2) is 0 Å². The van der Waals surface area contributed by atoms with Crippen molar-refractivity contribution < 1.29 is 5.11 Å². The predicted octanol–water partition coefficient (Wildman–Crippen LogP) is 1.06. The molecule has 0 heterocycles. The van der Waals surface area contributed by atoms with Gasteiger partial charge in [-0.1, -0.05) is 20.3 Å². The van der Waals surface area contributed by atoms with Gasteiger partial charge in [-0.15, -0.1) is 0 Å². The van der Waals surface area contributed by atoms with Gasteiger partial charge in [0.25, 0.3) is 0 Å². The fourth-order valence-corrected chi connectivity index (χ4v) is 2.16. The molecule has 0 aromatic carbocycles. The number of aliphatic hydroxyl groups excluding tert-OH is 1. The molecule has 0 aliphatic heterocycles. The van der Waals surface area contributed by atoms with Crippen LogP contribution in [0.15, 0.2) is 0 Å². The summed E-state index contributed by atoms with van der Waals surface area (Å²) in [7, 11) is 0. The van der Waals surface area contributed by atoms with Crippen molar-refractivity contribution in [1.82, 2.24) is 4.90 Å². The van der Waals surface area contributed by atoms with Gasteiger partial charge in [0.05, 0.1) is 6.61 Å². The standard InChI is InChI=1S/C12H26N2O/c1-10(2)11(8-13)9-14(6-7-15)12-4-3-5-12/h10-12,15H,3-9,13H2,1-2H3. The Bertz CT molecular complexity index is 169. The van der Waals surface area contributed by atoms with E-state index in [0.717, 1.165) is 19.6 Å². The van der Waals surface area contributed by atoms with E-state index in [-0.39, 0.29) is 6.61 Å². The average molecular weight is 214 g/mol. The average Bonchev–Trinajstić information content (AvgIpc) is 2.10. The predicted molar refractivity (Wildman–Crippen MR) is 63.7 cm³/mol. The molecule has 1 fully saturated rings. The Balaban J connectivity index is 2.40. The van der Waals surface area contributed by atoms with Gasteiger partial charge in [-0.3, -0.25) is 4.90 Å². The lowest BCUT2D eigenvalue weighted by Crippen LogP contribution is -2.46. The van der Waals surface area contributed by atoms with Crippen molar-refractivity contribution in [2.45, 2.75) is 39.2 Å². The lowest BCUT2D eigenvalue weighted by Gasteiger charge is -2.39. The van der Waals surface area contributed by atoms with E-state index in [4.69, 9.17) is 10.8 Å². The Morgan fingerprint density at radius 1 is 1.40 bits per heavy atom. The molecule has 1 rings (SSSR count). The molecule has 1 saturated carbocycles. The van der Waals surface area contributed by atoms with Gasteiger partial charge < -0.3 is 10.8 Å². The van der Waals surface area contributed by atoms with Crippen LogP contribution in [0.25, 0.3) is 0 Å². The molecule has 0 spiro atoms. The van der Waals surface area contributed by atoms with Crippen molar-refractivity contribution in [2.24, 2.45) is 17.6 Å². The molecule has 0 radical (unpaired) electrons. The molecular weight excluding hydrogens is 188 g/mol. The van der Waals surface area contributed by atoms with Crippen molar-refractivity contribution in [3.63, 3.8) is 0 Å². The van der Waals surface area contributed by atoms with E-state index >= 15 is 0 Å². The lowest BCUT2D eigenvalue weighted by atomic mass is 9.88. The van der Waals surface area contributed by atoms with Gasteiger partial charge in [-0.25, -0.2) is 0 Å². The number of aliphatic hydroxyl groups is 1. The van der Waals surface area contributed by atoms with Gasteiger partial charge in [0, 0.05) is 19.1 Å². The third-order valence-corrected chi connectivity index (χ3v) is 3.69. The summed E-state index contributed by atoms with van der Waals surface area (Å²) in [5.41, 5.74) is 5.79. The Morgan fingerprint density at radius 3 is 2.40 bits per heavy atom. The highest BCUT2D eigenvalue weighted by atomic mass is 16.3. The fourth-order valence-electron chi connectivity index (χ4n) is 2.16. The maximum atomic E-state index is 9.06. The summed E-state index contributed by atoms with van der Waals surface area (Å²) < 4.78 is 0. The van der Waals surface area contributed by atoms with Crippen LogP contribution in [-0.4, -0.2) is 42.3 Å². The van der Waals surface area contributed by atoms with Crippen LogP contribution in [0.1, 0.15) is 33.1 Å². The van der Waals surface area contributed by atoms with E-state index in [1.165, 1.54) is 19.3 Å². The maximum absolute atomic E-state index is 9.06. The van der Waals surface area contributed by atoms with E-state index in [1.54, 1.807) is 0 Å². The number of rotatable bonds is 7. The van der Waals surface area contributed by atoms with Crippen molar-refractivity contribution in [3.8, 4) is 0 Å². The minimum absolute atomic E-state index is 0.270. The second-order valence-corrected chi connectivity index (χ2v) is 5.04. The third kappa shape index (κ3) is 3.74. The highest BCUT2D eigenvalue weighted by Crippen LogP contribution is 2.26. The first kappa shape index (κ1) is 12.9. The first-order chi connectivity index (χ1) is 7.19. The molecule has 0 saturated heterocycles. The Morgan fingerprint density at radius 2 is 2.07 bits per heavy atom. The van der Waals surface area contributed by atoms with Crippen LogP contribution in [0.3, 0.4) is 0 Å². The topological polar surface area (TPSA) is 49.5 Å². The molecule has 0 bridgehead atoms. The number of nitrogens with two attached hydrogens (primary N) is 1. The zero-order valence-electron chi connectivity index (χ0n) is 10.2. The first-order valence-electron chi connectivity index (χ1n) is 6.24. The van der Waals surface area contributed by atoms with Crippen molar-refractivity contribution in [2.75, 3.05) is 26.2 Å². The van der Waals surface area contributed by atoms with Gasteiger partial charge >= 0.3 is 0 Å². The summed E-state index contributed by atoms with van der Waals surface area (Å²) in [5.74, 6) is 1.20. The molecule has 0 aromatic rings. The summed E-state index contributed by atoms with van der Waals surface area (Å²) >= 11 is 0. The molecule has 1 unspecified atom stereocenters. The zero-order valence-corrected chi connectivity index (χ0v) is 10.2. The molecule has 3 heteroatoms. The Kier molecular flexibility index (Phi) is 5.58. The summed E-state index contributed by atoms with van der Waals surface area (Å²) in [6, 6.07) is 0.713. The number of hydrogen-bond donors (Lipinski definition) is 2. The number of hydrogen-bond acceptors (Lipinski definition) is 3. The highest BCUT2D eigenvalue weighted by Gasteiger charge is 2.26. The largest absolute Gasteiger partial charge is 0.395 e. The zero-order chi connectivity index (χ0) is 11.3. The van der Waals surface area contributed by atoms with Crippen molar-refractivity contribution >= 4 is 0 Å². The molecule has 90 valence electrons. The molecule has 15 heavy (non-hydrogen) atoms. The third-order valence-electron chi connectivity index (χ3n) is 3.69. The Labute approximate surface area is 93.6 Å². The molecule has 3 N–H and O–H groups in total. The molecule has 3 nitrogen and oxygen atoms in total. The summed E-state index contributed by atoms with van der Waals surface area (Å²) in [5, 5.41) is 9.06. The van der Waals surface area contributed by atoms with E-state index < -0.39 is 0 Å². The normalized spacial score (nSPS) is 19.6. The molecule has 1 aliphatic carbocycles. The molecule has 0 amide bonds. The fraction of sp³-hybridized carbons (Fsp3) is 1.00. The summed E-state index contributed by atoms with van der Waals surface area (Å²) in [6.07, 6.45) is 3.95. The molecule has 1 atom stereocenters. The van der Waals surface area contributed by atoms with Gasteiger partial charge in [0.1, 0.15) is 0 Å². The lowest BCUT2D eigenvalue weighted by molar-refractivity contribution is 0.0779. The van der Waals surface area contributed by atoms with E-state index in [2.05, 4.69) is 18.7 Å². The minimum Gasteiger partial charge on any atom is -0.395 e. The second kappa shape index (κ2) is 6.46. The van der Waals surface area contributed by atoms with Gasteiger partial charge in [-0.2, -0.15) is 0 Å². The molecule has 0 aromatic heterocycles. The Hall–Kier alpha value is -0.120. The minimum atomic E-state index is 0.270. The number of nitrogens with zero attached hydrogens (tertiary/aromatic N) is 1. The SMILES string of the molecule is CC(C)C(CN)CN(CCO)C1CCC1. The molecular formula is C12H26N2O. The smallest absolute Gasteiger partial charge is 0.0558 e. The van der Waals surface area contributed by atoms with Crippen molar-refractivity contribution in [3.05, 3.63) is 0 Å². The summed E-state index contributed by atoms with van der Waals surface area (Å²) in [4.78, 5) is 2.43. The highest BCUT2D eigenvalue weighted by molar-refractivity contribution is 4.82. The monoisotopic (exact) mass is 214 g/mol. The van der Waals surface area contributed by atoms with E-state index in [9.17, 15) is 0 Å². The van der Waals surface area contributed by atoms with Crippen LogP contribution in [0.2, 0.25) is 0 Å². The molecule has 1 aliphatic rings. The van der Waals surface area contributed by atoms with Gasteiger partial charge in [-0.05, 0) is 31.2 Å². The quantitative estimate of drug-likeness (QED) is 0.666. The van der Waals surface area contributed by atoms with Crippen LogP contribution in [0.5, 0.6) is 0 Å². The van der Waals surface area contributed by atoms with E-state index in [0.29, 0.717) is 17.9 Å². The second-order valence-electron chi connectivity index (χ2n) is 5.04. The van der Waals surface area contributed by atoms with E-state index in [1.807, 2.05) is 0 Å². The van der Waals surface area contributed by atoms with Gasteiger partial charge in [0.2, 0.25) is 0 Å². The van der Waals surface area contributed by atoms with Crippen molar-refractivity contribution in [1.29, 1.82) is 0 Å². The van der Waals surface area contributed by atoms with Crippen LogP contribution < -0.4 is 5.73 Å². The summed E-state index contributed by atoms with van der Waals surface area (Å²) in [6.45, 7) is 7.36. The van der Waals surface area contributed by atoms with Crippen LogP contribution in [0.4, 0.5) is 0 Å².